The van der Waals surface area contributed by atoms with Crippen LogP contribution >= 0.6 is 6.26 Å². The maximum atomic E-state index is 10.6. The fourth-order valence-electron chi connectivity index (χ4n) is 1.60. The summed E-state index contributed by atoms with van der Waals surface area (Å²) >= 11 is 5.67. The Morgan fingerprint density at radius 1 is 1.17 bits per heavy atom. The van der Waals surface area contributed by atoms with Crippen molar-refractivity contribution in [1.29, 1.82) is 0 Å². The van der Waals surface area contributed by atoms with Gasteiger partial charge < -0.3 is 4.52 Å². The smallest absolute Gasteiger partial charge is 0.269 e. The highest BCUT2D eigenvalue weighted by atomic mass is 32.4. The maximum Gasteiger partial charge on any atom is 0.269 e. The van der Waals surface area contributed by atoms with E-state index in [9.17, 15) is 10.1 Å². The van der Waals surface area contributed by atoms with Crippen LogP contribution in [0.1, 0.15) is 27.7 Å². The van der Waals surface area contributed by atoms with Gasteiger partial charge in [-0.1, -0.05) is 39.5 Å². The first-order valence-corrected chi connectivity index (χ1v) is 8.66. The molecule has 18 heavy (non-hydrogen) atoms. The molecule has 0 saturated heterocycles. The summed E-state index contributed by atoms with van der Waals surface area (Å²) in [7, 11) is 0. The lowest BCUT2D eigenvalue weighted by molar-refractivity contribution is -0.384. The van der Waals surface area contributed by atoms with E-state index >= 15 is 0 Å². The molecule has 0 bridgehead atoms. The summed E-state index contributed by atoms with van der Waals surface area (Å²) in [5.74, 6) is 0.617. The van der Waals surface area contributed by atoms with Gasteiger partial charge in [0.15, 0.2) is 0 Å². The topological polar surface area (TPSA) is 52.4 Å². The maximum absolute atomic E-state index is 10.6. The fourth-order valence-corrected chi connectivity index (χ4v) is 3.92. The Balaban J connectivity index is 2.96. The van der Waals surface area contributed by atoms with E-state index in [2.05, 4.69) is 27.7 Å². The van der Waals surface area contributed by atoms with Crippen molar-refractivity contribution in [2.24, 2.45) is 0 Å². The number of nitro groups is 1. The molecule has 0 fully saturated rings. The lowest BCUT2D eigenvalue weighted by Gasteiger charge is -2.30. The third kappa shape index (κ3) is 3.30. The first-order valence-electron chi connectivity index (χ1n) is 5.81. The van der Waals surface area contributed by atoms with Crippen molar-refractivity contribution in [3.8, 4) is 5.75 Å². The van der Waals surface area contributed by atoms with Crippen molar-refractivity contribution in [2.45, 2.75) is 39.0 Å². The minimum atomic E-state index is -1.96. The quantitative estimate of drug-likeness (QED) is 0.463. The molecule has 0 spiro atoms. The number of non-ortho nitro benzene ring substituents is 1. The Kier molecular flexibility index (Phi) is 4.88. The van der Waals surface area contributed by atoms with Gasteiger partial charge in [0.25, 0.3) is 5.69 Å². The van der Waals surface area contributed by atoms with Crippen molar-refractivity contribution in [1.82, 2.24) is 0 Å². The van der Waals surface area contributed by atoms with Gasteiger partial charge in [-0.2, -0.15) is 0 Å². The highest BCUT2D eigenvalue weighted by Gasteiger charge is 2.28. The normalized spacial score (nSPS) is 11.9. The number of hydrogen-bond donors (Lipinski definition) is 0. The van der Waals surface area contributed by atoms with Crippen molar-refractivity contribution in [3.05, 3.63) is 34.4 Å². The molecular weight excluding hydrogens is 269 g/mol. The van der Waals surface area contributed by atoms with E-state index in [0.717, 1.165) is 0 Å². The van der Waals surface area contributed by atoms with Gasteiger partial charge in [0.05, 0.1) is 4.92 Å². The second kappa shape index (κ2) is 5.81. The van der Waals surface area contributed by atoms with E-state index < -0.39 is 11.2 Å². The average molecular weight is 287 g/mol. The number of benzene rings is 1. The summed E-state index contributed by atoms with van der Waals surface area (Å²) in [5.41, 5.74) is 0.620. The first-order chi connectivity index (χ1) is 8.27. The molecule has 100 valence electrons. The predicted octanol–water partition coefficient (Wildman–Crippen LogP) is 4.18. The second-order valence-corrected chi connectivity index (χ2v) is 9.93. The fraction of sp³-hybridized carbons (Fsp3) is 0.500. The van der Waals surface area contributed by atoms with E-state index in [0.29, 0.717) is 5.75 Å². The summed E-state index contributed by atoms with van der Waals surface area (Å²) in [6, 6.07) is 6.11. The van der Waals surface area contributed by atoms with Crippen molar-refractivity contribution in [2.75, 3.05) is 0 Å². The monoisotopic (exact) mass is 287 g/mol. The average Bonchev–Trinajstić information content (AvgIpc) is 2.29. The number of rotatable bonds is 5. The minimum Gasteiger partial charge on any atom is -0.466 e. The van der Waals surface area contributed by atoms with Crippen LogP contribution in [-0.2, 0) is 11.8 Å². The molecule has 1 aromatic carbocycles. The van der Waals surface area contributed by atoms with Crippen LogP contribution in [0.5, 0.6) is 5.75 Å². The Morgan fingerprint density at radius 3 is 1.94 bits per heavy atom. The number of nitro benzene ring substituents is 1. The summed E-state index contributed by atoms with van der Waals surface area (Å²) in [6.45, 7) is 8.25. The zero-order valence-corrected chi connectivity index (χ0v) is 12.7. The molecule has 4 nitrogen and oxygen atoms in total. The molecule has 0 aliphatic rings. The number of nitrogens with zero attached hydrogens (tertiary/aromatic N) is 1. The summed E-state index contributed by atoms with van der Waals surface area (Å²) in [6.07, 6.45) is -1.96. The molecular formula is C12H18NO3PS. The zero-order valence-electron chi connectivity index (χ0n) is 11.0. The van der Waals surface area contributed by atoms with Gasteiger partial charge in [-0.05, 0) is 12.1 Å². The van der Waals surface area contributed by atoms with E-state index in [1.54, 1.807) is 12.1 Å². The first kappa shape index (κ1) is 15.1. The van der Waals surface area contributed by atoms with Gasteiger partial charge in [0, 0.05) is 23.5 Å². The third-order valence-corrected chi connectivity index (χ3v) is 8.86. The Bertz CT molecular complexity index is 459. The molecule has 0 N–H and O–H groups in total. The molecule has 0 aliphatic heterocycles. The van der Waals surface area contributed by atoms with Crippen molar-refractivity contribution >= 4 is 23.8 Å². The molecule has 0 amide bonds. The molecule has 0 heterocycles. The van der Waals surface area contributed by atoms with Crippen LogP contribution < -0.4 is 4.52 Å². The van der Waals surface area contributed by atoms with Gasteiger partial charge in [0.1, 0.15) is 12.0 Å². The molecule has 0 aliphatic carbocycles. The highest BCUT2D eigenvalue weighted by molar-refractivity contribution is 8.13. The minimum absolute atomic E-state index is 0.0599. The molecule has 0 atom stereocenters. The molecule has 1 aromatic rings. The van der Waals surface area contributed by atoms with E-state index in [-0.39, 0.29) is 17.0 Å². The van der Waals surface area contributed by atoms with Gasteiger partial charge in [-0.25, -0.2) is 0 Å². The van der Waals surface area contributed by atoms with Gasteiger partial charge in [-0.15, -0.1) is 0 Å². The zero-order chi connectivity index (χ0) is 13.9. The van der Waals surface area contributed by atoms with Crippen LogP contribution in [0.4, 0.5) is 5.69 Å². The molecule has 1 rings (SSSR count). The summed E-state index contributed by atoms with van der Waals surface area (Å²) in [5, 5.41) is 10.6. The molecule has 0 saturated carbocycles. The molecule has 0 aromatic heterocycles. The third-order valence-electron chi connectivity index (χ3n) is 2.74. The predicted molar refractivity (Wildman–Crippen MR) is 78.3 cm³/mol. The van der Waals surface area contributed by atoms with Crippen LogP contribution in [-0.4, -0.2) is 16.2 Å². The Labute approximate surface area is 113 Å². The summed E-state index contributed by atoms with van der Waals surface area (Å²) in [4.78, 5) is 10.1. The van der Waals surface area contributed by atoms with E-state index in [1.165, 1.54) is 12.1 Å². The lowest BCUT2D eigenvalue weighted by Crippen LogP contribution is -2.13. The van der Waals surface area contributed by atoms with E-state index in [1.807, 2.05) is 0 Å². The van der Waals surface area contributed by atoms with Crippen molar-refractivity contribution < 1.29 is 9.45 Å². The molecule has 0 unspecified atom stereocenters. The number of hydrogen-bond acceptors (Lipinski definition) is 4. The van der Waals surface area contributed by atoms with Crippen LogP contribution in [0.25, 0.3) is 0 Å². The van der Waals surface area contributed by atoms with Gasteiger partial charge in [-0.3, -0.25) is 10.1 Å². The van der Waals surface area contributed by atoms with Crippen LogP contribution in [0.2, 0.25) is 0 Å². The van der Waals surface area contributed by atoms with Gasteiger partial charge in [0.2, 0.25) is 0 Å². The van der Waals surface area contributed by atoms with Crippen LogP contribution in [0, 0.1) is 10.1 Å². The second-order valence-electron chi connectivity index (χ2n) is 4.68. The Morgan fingerprint density at radius 2 is 1.61 bits per heavy atom. The van der Waals surface area contributed by atoms with E-state index in [4.69, 9.17) is 16.3 Å². The molecule has 0 radical (unpaired) electrons. The van der Waals surface area contributed by atoms with Crippen LogP contribution in [0.15, 0.2) is 24.3 Å². The Hall–Kier alpha value is -0.930. The molecule has 6 heteroatoms. The highest BCUT2D eigenvalue weighted by Crippen LogP contribution is 2.56. The lowest BCUT2D eigenvalue weighted by atomic mass is 10.3. The standard InChI is InChI=1S/C12H18NO3PS/c1-9(2)17(18,10(3)4)16-12-7-5-11(6-8-12)13(14)15/h5-10H,1-4H3. The van der Waals surface area contributed by atoms with Gasteiger partial charge >= 0.3 is 0 Å². The summed E-state index contributed by atoms with van der Waals surface area (Å²) < 4.78 is 5.96. The van der Waals surface area contributed by atoms with Crippen LogP contribution in [0.3, 0.4) is 0 Å². The largest absolute Gasteiger partial charge is 0.466 e. The van der Waals surface area contributed by atoms with Crippen molar-refractivity contribution in [3.63, 3.8) is 0 Å². The SMILES string of the molecule is CC(C)P(=S)(Oc1ccc([N+](=O)[O-])cc1)C(C)C.